The summed E-state index contributed by atoms with van der Waals surface area (Å²) in [5.41, 5.74) is 5.43. The van der Waals surface area contributed by atoms with Crippen LogP contribution in [-0.4, -0.2) is 10.1 Å². The van der Waals surface area contributed by atoms with Gasteiger partial charge in [0.2, 0.25) is 0 Å². The van der Waals surface area contributed by atoms with Crippen molar-refractivity contribution < 1.29 is 0 Å². The number of thiocarbonyl (C=S) groups is 1. The molecular formula is C9H19NS2. The van der Waals surface area contributed by atoms with Gasteiger partial charge in [-0.25, -0.2) is 0 Å². The zero-order chi connectivity index (χ0) is 9.40. The van der Waals surface area contributed by atoms with Crippen LogP contribution in [0.25, 0.3) is 0 Å². The van der Waals surface area contributed by atoms with Crippen molar-refractivity contribution in [1.29, 1.82) is 0 Å². The standard InChI is InChI=1S/C9H19NS2/c1-3-5-8(6-4-2)7-12-9(10)11/h8H,3-7H2,1-2H3,(H2,10,11). The first-order valence-electron chi connectivity index (χ1n) is 4.62. The van der Waals surface area contributed by atoms with Crippen molar-refractivity contribution >= 4 is 28.3 Å². The molecule has 0 spiro atoms. The summed E-state index contributed by atoms with van der Waals surface area (Å²) in [5.74, 6) is 1.92. The van der Waals surface area contributed by atoms with Crippen molar-refractivity contribution in [2.45, 2.75) is 39.5 Å². The molecule has 0 bridgehead atoms. The first-order chi connectivity index (χ1) is 5.70. The van der Waals surface area contributed by atoms with E-state index in [0.29, 0.717) is 4.32 Å². The molecule has 0 saturated heterocycles. The molecule has 3 heteroatoms. The maximum absolute atomic E-state index is 5.43. The van der Waals surface area contributed by atoms with Crippen LogP contribution < -0.4 is 5.73 Å². The van der Waals surface area contributed by atoms with Gasteiger partial charge in [0.25, 0.3) is 0 Å². The zero-order valence-corrected chi connectivity index (χ0v) is 9.64. The molecule has 0 atom stereocenters. The third-order valence-corrected chi connectivity index (χ3v) is 3.13. The molecule has 0 rings (SSSR count). The van der Waals surface area contributed by atoms with Gasteiger partial charge < -0.3 is 5.73 Å². The lowest BCUT2D eigenvalue weighted by molar-refractivity contribution is 0.489. The van der Waals surface area contributed by atoms with E-state index in [0.717, 1.165) is 11.7 Å². The van der Waals surface area contributed by atoms with Gasteiger partial charge in [-0.2, -0.15) is 0 Å². The molecule has 0 aromatic carbocycles. The van der Waals surface area contributed by atoms with E-state index in [2.05, 4.69) is 13.8 Å². The largest absolute Gasteiger partial charge is 0.385 e. The van der Waals surface area contributed by atoms with Crippen molar-refractivity contribution in [3.8, 4) is 0 Å². The van der Waals surface area contributed by atoms with Gasteiger partial charge in [-0.05, 0) is 18.8 Å². The monoisotopic (exact) mass is 205 g/mol. The molecule has 0 aromatic heterocycles. The van der Waals surface area contributed by atoms with Gasteiger partial charge in [-0.1, -0.05) is 50.7 Å². The number of hydrogen-bond acceptors (Lipinski definition) is 2. The van der Waals surface area contributed by atoms with Crippen LogP contribution in [0.3, 0.4) is 0 Å². The summed E-state index contributed by atoms with van der Waals surface area (Å²) < 4.78 is 0.590. The van der Waals surface area contributed by atoms with E-state index < -0.39 is 0 Å². The highest BCUT2D eigenvalue weighted by Crippen LogP contribution is 2.18. The number of nitrogens with two attached hydrogens (primary N) is 1. The minimum Gasteiger partial charge on any atom is -0.385 e. The van der Waals surface area contributed by atoms with Crippen molar-refractivity contribution in [2.24, 2.45) is 11.7 Å². The predicted octanol–water partition coefficient (Wildman–Crippen LogP) is 3.18. The first-order valence-corrected chi connectivity index (χ1v) is 6.02. The summed E-state index contributed by atoms with van der Waals surface area (Å²) in [7, 11) is 0. The van der Waals surface area contributed by atoms with Crippen LogP contribution in [0.4, 0.5) is 0 Å². The summed E-state index contributed by atoms with van der Waals surface area (Å²) >= 11 is 6.45. The van der Waals surface area contributed by atoms with Gasteiger partial charge in [0, 0.05) is 5.75 Å². The van der Waals surface area contributed by atoms with E-state index in [4.69, 9.17) is 18.0 Å². The second kappa shape index (κ2) is 7.87. The second-order valence-electron chi connectivity index (χ2n) is 3.07. The van der Waals surface area contributed by atoms with Crippen LogP contribution in [0.2, 0.25) is 0 Å². The average molecular weight is 205 g/mol. The molecule has 0 amide bonds. The topological polar surface area (TPSA) is 26.0 Å². The lowest BCUT2D eigenvalue weighted by atomic mass is 10.0. The molecule has 12 heavy (non-hydrogen) atoms. The predicted molar refractivity (Wildman–Crippen MR) is 62.5 cm³/mol. The molecule has 72 valence electrons. The van der Waals surface area contributed by atoms with E-state index in [9.17, 15) is 0 Å². The summed E-state index contributed by atoms with van der Waals surface area (Å²) in [5, 5.41) is 0. The molecule has 0 saturated carbocycles. The smallest absolute Gasteiger partial charge is 0.131 e. The maximum atomic E-state index is 5.43. The Bertz CT molecular complexity index is 120. The molecule has 0 aliphatic carbocycles. The van der Waals surface area contributed by atoms with Crippen LogP contribution >= 0.6 is 24.0 Å². The highest BCUT2D eigenvalue weighted by Gasteiger charge is 2.06. The quantitative estimate of drug-likeness (QED) is 0.675. The Labute approximate surface area is 85.5 Å². The Kier molecular flexibility index (Phi) is 8.02. The van der Waals surface area contributed by atoms with Gasteiger partial charge in [0.05, 0.1) is 0 Å². The minimum atomic E-state index is 0.590. The van der Waals surface area contributed by atoms with Crippen LogP contribution in [0.5, 0.6) is 0 Å². The Morgan fingerprint density at radius 3 is 2.17 bits per heavy atom. The van der Waals surface area contributed by atoms with Crippen molar-refractivity contribution in [1.82, 2.24) is 0 Å². The molecule has 1 nitrogen and oxygen atoms in total. The van der Waals surface area contributed by atoms with Crippen molar-refractivity contribution in [2.75, 3.05) is 5.75 Å². The van der Waals surface area contributed by atoms with Crippen LogP contribution in [-0.2, 0) is 0 Å². The molecule has 2 N–H and O–H groups in total. The SMILES string of the molecule is CCCC(CCC)CSC(N)=S. The van der Waals surface area contributed by atoms with Gasteiger partial charge >= 0.3 is 0 Å². The van der Waals surface area contributed by atoms with E-state index in [1.54, 1.807) is 11.8 Å². The van der Waals surface area contributed by atoms with E-state index in [-0.39, 0.29) is 0 Å². The van der Waals surface area contributed by atoms with Crippen LogP contribution in [0.15, 0.2) is 0 Å². The average Bonchev–Trinajstić information content (AvgIpc) is 2.01. The molecular weight excluding hydrogens is 186 g/mol. The fourth-order valence-electron chi connectivity index (χ4n) is 1.33. The van der Waals surface area contributed by atoms with Crippen molar-refractivity contribution in [3.05, 3.63) is 0 Å². The van der Waals surface area contributed by atoms with Gasteiger partial charge in [0.15, 0.2) is 0 Å². The lowest BCUT2D eigenvalue weighted by Gasteiger charge is -2.13. The van der Waals surface area contributed by atoms with E-state index in [1.807, 2.05) is 0 Å². The Hall–Kier alpha value is 0.240. The molecule has 0 fully saturated rings. The first kappa shape index (κ1) is 12.2. The summed E-state index contributed by atoms with van der Waals surface area (Å²) in [6.45, 7) is 4.46. The zero-order valence-electron chi connectivity index (χ0n) is 8.01. The molecule has 0 radical (unpaired) electrons. The Balaban J connectivity index is 3.54. The van der Waals surface area contributed by atoms with Gasteiger partial charge in [-0.15, -0.1) is 0 Å². The highest BCUT2D eigenvalue weighted by atomic mass is 32.2. The fraction of sp³-hybridized carbons (Fsp3) is 0.889. The lowest BCUT2D eigenvalue weighted by Crippen LogP contribution is -2.09. The molecule has 0 unspecified atom stereocenters. The van der Waals surface area contributed by atoms with E-state index in [1.165, 1.54) is 25.7 Å². The molecule has 0 aliphatic rings. The van der Waals surface area contributed by atoms with Gasteiger partial charge in [-0.3, -0.25) is 0 Å². The minimum absolute atomic E-state index is 0.590. The van der Waals surface area contributed by atoms with Crippen molar-refractivity contribution in [3.63, 3.8) is 0 Å². The summed E-state index contributed by atoms with van der Waals surface area (Å²) in [4.78, 5) is 0. The van der Waals surface area contributed by atoms with Gasteiger partial charge in [0.1, 0.15) is 4.32 Å². The molecule has 0 aliphatic heterocycles. The molecule has 0 aromatic rings. The summed E-state index contributed by atoms with van der Waals surface area (Å²) in [6, 6.07) is 0. The van der Waals surface area contributed by atoms with Crippen LogP contribution in [0.1, 0.15) is 39.5 Å². The third kappa shape index (κ3) is 6.92. The Morgan fingerprint density at radius 1 is 1.33 bits per heavy atom. The fourth-order valence-corrected chi connectivity index (χ4v) is 2.26. The normalized spacial score (nSPS) is 10.6. The van der Waals surface area contributed by atoms with Crippen LogP contribution in [0, 0.1) is 5.92 Å². The van der Waals surface area contributed by atoms with E-state index >= 15 is 0 Å². The maximum Gasteiger partial charge on any atom is 0.131 e. The molecule has 0 heterocycles. The summed E-state index contributed by atoms with van der Waals surface area (Å²) in [6.07, 6.45) is 5.15. The third-order valence-electron chi connectivity index (χ3n) is 1.86. The highest BCUT2D eigenvalue weighted by molar-refractivity contribution is 8.22. The second-order valence-corrected chi connectivity index (χ2v) is 4.83. The number of hydrogen-bond donors (Lipinski definition) is 1. The Morgan fingerprint density at radius 2 is 1.83 bits per heavy atom. The number of rotatable bonds is 6. The number of thioether (sulfide) groups is 1.